The lowest BCUT2D eigenvalue weighted by molar-refractivity contribution is -0.134. The quantitative estimate of drug-likeness (QED) is 0.403. The van der Waals surface area contributed by atoms with Crippen molar-refractivity contribution in [2.75, 3.05) is 37.6 Å². The van der Waals surface area contributed by atoms with Gasteiger partial charge >= 0.3 is 0 Å². The summed E-state index contributed by atoms with van der Waals surface area (Å²) in [6.45, 7) is 4.54. The summed E-state index contributed by atoms with van der Waals surface area (Å²) in [5.74, 6) is -1.03. The number of hydrogen-bond acceptors (Lipinski definition) is 5. The number of amides is 3. The summed E-state index contributed by atoms with van der Waals surface area (Å²) >= 11 is 5.91. The first kappa shape index (κ1) is 27.9. The van der Waals surface area contributed by atoms with Gasteiger partial charge in [-0.3, -0.25) is 19.4 Å². The highest BCUT2D eigenvalue weighted by atomic mass is 35.5. The van der Waals surface area contributed by atoms with Crippen LogP contribution in [0.5, 0.6) is 0 Å². The fourth-order valence-corrected chi connectivity index (χ4v) is 4.54. The molecule has 9 heteroatoms. The number of piperazine rings is 1. The van der Waals surface area contributed by atoms with Crippen LogP contribution in [0, 0.1) is 6.92 Å². The summed E-state index contributed by atoms with van der Waals surface area (Å²) in [6, 6.07) is 19.7. The van der Waals surface area contributed by atoms with Crippen molar-refractivity contribution < 1.29 is 14.4 Å². The minimum absolute atomic E-state index is 0.140. The van der Waals surface area contributed by atoms with Crippen LogP contribution in [0.3, 0.4) is 0 Å². The van der Waals surface area contributed by atoms with Gasteiger partial charge in [-0.1, -0.05) is 48.0 Å². The minimum atomic E-state index is -0.895. The molecule has 0 unspecified atom stereocenters. The average molecular weight is 546 g/mol. The summed E-state index contributed by atoms with van der Waals surface area (Å²) in [6.07, 6.45) is 4.83. The van der Waals surface area contributed by atoms with Crippen LogP contribution >= 0.6 is 11.6 Å². The topological polar surface area (TPSA) is 94.6 Å². The molecule has 1 saturated heterocycles. The molecule has 1 atom stereocenters. The van der Waals surface area contributed by atoms with E-state index in [9.17, 15) is 14.4 Å². The molecular formula is C30H32ClN5O3. The van der Waals surface area contributed by atoms with Crippen molar-refractivity contribution in [3.63, 3.8) is 0 Å². The summed E-state index contributed by atoms with van der Waals surface area (Å²) in [4.78, 5) is 46.9. The molecular weight excluding hydrogens is 514 g/mol. The van der Waals surface area contributed by atoms with Crippen LogP contribution in [0.4, 0.5) is 5.69 Å². The van der Waals surface area contributed by atoms with E-state index in [0.717, 1.165) is 18.7 Å². The van der Waals surface area contributed by atoms with Gasteiger partial charge in [-0.05, 0) is 54.5 Å². The van der Waals surface area contributed by atoms with Gasteiger partial charge in [0.25, 0.3) is 0 Å². The average Bonchev–Trinajstić information content (AvgIpc) is 2.96. The van der Waals surface area contributed by atoms with Gasteiger partial charge in [0.2, 0.25) is 17.7 Å². The fraction of sp³-hybridized carbons (Fsp3) is 0.267. The number of benzene rings is 2. The van der Waals surface area contributed by atoms with E-state index in [0.29, 0.717) is 23.8 Å². The number of para-hydroxylation sites is 1. The van der Waals surface area contributed by atoms with Crippen LogP contribution in [-0.4, -0.2) is 66.4 Å². The maximum Gasteiger partial charge on any atom is 0.244 e. The summed E-state index contributed by atoms with van der Waals surface area (Å²) < 4.78 is 0. The molecule has 1 aliphatic rings. The molecule has 3 aromatic rings. The van der Waals surface area contributed by atoms with Crippen LogP contribution < -0.4 is 15.5 Å². The Kier molecular flexibility index (Phi) is 9.69. The van der Waals surface area contributed by atoms with Crippen molar-refractivity contribution in [3.8, 4) is 0 Å². The number of hydrogen-bond donors (Lipinski definition) is 2. The molecule has 2 aromatic carbocycles. The third kappa shape index (κ3) is 8.15. The Morgan fingerprint density at radius 2 is 1.69 bits per heavy atom. The van der Waals surface area contributed by atoms with E-state index >= 15 is 0 Å². The number of aromatic nitrogens is 1. The lowest BCUT2D eigenvalue weighted by Crippen LogP contribution is -2.53. The molecule has 1 aromatic heterocycles. The maximum absolute atomic E-state index is 13.1. The van der Waals surface area contributed by atoms with Gasteiger partial charge in [-0.2, -0.15) is 0 Å². The monoisotopic (exact) mass is 545 g/mol. The van der Waals surface area contributed by atoms with E-state index in [1.165, 1.54) is 17.3 Å². The minimum Gasteiger partial charge on any atom is -0.368 e. The van der Waals surface area contributed by atoms with E-state index < -0.39 is 17.9 Å². The van der Waals surface area contributed by atoms with Crippen molar-refractivity contribution in [1.29, 1.82) is 0 Å². The molecule has 202 valence electrons. The molecule has 0 radical (unpaired) electrons. The van der Waals surface area contributed by atoms with E-state index in [4.69, 9.17) is 11.6 Å². The largest absolute Gasteiger partial charge is 0.368 e. The Morgan fingerprint density at radius 3 is 2.38 bits per heavy atom. The predicted octanol–water partition coefficient (Wildman–Crippen LogP) is 3.25. The number of rotatable bonds is 9. The van der Waals surface area contributed by atoms with Crippen molar-refractivity contribution in [2.24, 2.45) is 0 Å². The highest BCUT2D eigenvalue weighted by Crippen LogP contribution is 2.20. The van der Waals surface area contributed by atoms with Gasteiger partial charge in [-0.25, -0.2) is 0 Å². The number of aryl methyl sites for hydroxylation is 1. The zero-order valence-corrected chi connectivity index (χ0v) is 22.6. The fourth-order valence-electron chi connectivity index (χ4n) is 4.42. The molecule has 2 N–H and O–H groups in total. The number of carbonyl (C=O) groups excluding carboxylic acids is 3. The van der Waals surface area contributed by atoms with Gasteiger partial charge in [0, 0.05) is 61.3 Å². The molecule has 39 heavy (non-hydrogen) atoms. The lowest BCUT2D eigenvalue weighted by Gasteiger charge is -2.37. The van der Waals surface area contributed by atoms with E-state index in [1.54, 1.807) is 53.6 Å². The Labute approximate surface area is 233 Å². The van der Waals surface area contributed by atoms with Crippen LogP contribution in [0.1, 0.15) is 16.8 Å². The highest BCUT2D eigenvalue weighted by Gasteiger charge is 2.25. The van der Waals surface area contributed by atoms with Crippen molar-refractivity contribution in [1.82, 2.24) is 20.5 Å². The third-order valence-electron chi connectivity index (χ3n) is 6.57. The Balaban J connectivity index is 1.32. The third-order valence-corrected chi connectivity index (χ3v) is 6.82. The van der Waals surface area contributed by atoms with E-state index in [2.05, 4.69) is 39.6 Å². The van der Waals surface area contributed by atoms with E-state index in [1.807, 2.05) is 18.2 Å². The smallest absolute Gasteiger partial charge is 0.244 e. The first-order valence-corrected chi connectivity index (χ1v) is 13.3. The molecule has 0 saturated carbocycles. The highest BCUT2D eigenvalue weighted by molar-refractivity contribution is 6.30. The Morgan fingerprint density at radius 1 is 0.974 bits per heavy atom. The number of halogens is 1. The first-order chi connectivity index (χ1) is 18.9. The first-order valence-electron chi connectivity index (χ1n) is 12.9. The van der Waals surface area contributed by atoms with Crippen LogP contribution in [-0.2, 0) is 20.8 Å². The van der Waals surface area contributed by atoms with E-state index in [-0.39, 0.29) is 18.9 Å². The Bertz CT molecular complexity index is 1310. The molecule has 2 heterocycles. The van der Waals surface area contributed by atoms with Gasteiger partial charge in [0.1, 0.15) is 6.04 Å². The second-order valence-electron chi connectivity index (χ2n) is 9.34. The second kappa shape index (κ2) is 13.6. The standard InChI is InChI=1S/C30H32ClN5O3/c1-22-6-2-3-8-27(22)35-16-18-36(19-17-35)29(38)21-33-30(39)26(20-25-7-4-5-15-32-25)34-28(37)14-11-23-9-12-24(31)13-10-23/h2-15,26H,16-21H2,1H3,(H,33,39)(H,34,37)/t26-/m0/s1. The number of carbonyl (C=O) groups is 3. The van der Waals surface area contributed by atoms with Gasteiger partial charge < -0.3 is 20.4 Å². The summed E-state index contributed by atoms with van der Waals surface area (Å²) in [5.41, 5.74) is 3.83. The number of nitrogens with zero attached hydrogens (tertiary/aromatic N) is 3. The maximum atomic E-state index is 13.1. The summed E-state index contributed by atoms with van der Waals surface area (Å²) in [7, 11) is 0. The van der Waals surface area contributed by atoms with Gasteiger partial charge in [0.05, 0.1) is 6.54 Å². The molecule has 0 bridgehead atoms. The number of pyridine rings is 1. The molecule has 1 fully saturated rings. The predicted molar refractivity (Wildman–Crippen MR) is 153 cm³/mol. The van der Waals surface area contributed by atoms with Crippen molar-refractivity contribution >= 4 is 41.1 Å². The molecule has 0 spiro atoms. The van der Waals surface area contributed by atoms with Crippen LogP contribution in [0.15, 0.2) is 79.0 Å². The summed E-state index contributed by atoms with van der Waals surface area (Å²) in [5, 5.41) is 6.06. The lowest BCUT2D eigenvalue weighted by atomic mass is 10.1. The Hall–Kier alpha value is -4.17. The zero-order valence-electron chi connectivity index (χ0n) is 21.8. The number of anilines is 1. The normalized spacial score (nSPS) is 14.2. The van der Waals surface area contributed by atoms with Crippen LogP contribution in [0.25, 0.3) is 6.08 Å². The zero-order chi connectivity index (χ0) is 27.6. The van der Waals surface area contributed by atoms with Gasteiger partial charge in [-0.15, -0.1) is 0 Å². The van der Waals surface area contributed by atoms with Crippen molar-refractivity contribution in [3.05, 3.63) is 101 Å². The number of nitrogens with one attached hydrogen (secondary N) is 2. The van der Waals surface area contributed by atoms with Crippen molar-refractivity contribution in [2.45, 2.75) is 19.4 Å². The van der Waals surface area contributed by atoms with Crippen LogP contribution in [0.2, 0.25) is 5.02 Å². The molecule has 1 aliphatic heterocycles. The molecule has 4 rings (SSSR count). The SMILES string of the molecule is Cc1ccccc1N1CCN(C(=O)CNC(=O)[C@H](Cc2ccccn2)NC(=O)C=Cc2ccc(Cl)cc2)CC1. The molecule has 3 amide bonds. The van der Waals surface area contributed by atoms with Gasteiger partial charge in [0.15, 0.2) is 0 Å². The molecule has 8 nitrogen and oxygen atoms in total. The molecule has 0 aliphatic carbocycles. The second-order valence-corrected chi connectivity index (χ2v) is 9.78.